The predicted octanol–water partition coefficient (Wildman–Crippen LogP) is 3.32. The summed E-state index contributed by atoms with van der Waals surface area (Å²) in [4.78, 5) is 15.1. The molecule has 1 aromatic carbocycles. The fourth-order valence-corrected chi connectivity index (χ4v) is 5.51. The van der Waals surface area contributed by atoms with Crippen molar-refractivity contribution in [3.8, 4) is 5.75 Å². The number of aliphatic hydroxyl groups excluding tert-OH is 3. The van der Waals surface area contributed by atoms with Crippen LogP contribution in [0.2, 0.25) is 0 Å². The molecule has 164 valence electrons. The highest BCUT2D eigenvalue weighted by atomic mass is 32.1. The second-order valence-electron chi connectivity index (χ2n) is 8.19. The Balaban J connectivity index is 1.69. The van der Waals surface area contributed by atoms with Crippen LogP contribution in [0.15, 0.2) is 12.1 Å². The number of benzene rings is 1. The summed E-state index contributed by atoms with van der Waals surface area (Å²) in [5.74, 6) is 0.907. The first-order valence-corrected chi connectivity index (χ1v) is 11.5. The summed E-state index contributed by atoms with van der Waals surface area (Å²) in [6, 6.07) is 4.05. The molecule has 1 heterocycles. The number of aryl methyl sites for hydroxylation is 4. The maximum atomic E-state index is 13.0. The Labute approximate surface area is 182 Å². The SMILES string of the molecule is CCc1sc(C(=O)CCc2cc(C)c(OCC(O)CO)c(C)c2)c2c1C[C@@H](O)CC2. The van der Waals surface area contributed by atoms with E-state index in [0.29, 0.717) is 19.3 Å². The average molecular weight is 433 g/mol. The third kappa shape index (κ3) is 5.11. The largest absolute Gasteiger partial charge is 0.490 e. The number of ether oxygens (including phenoxy) is 1. The Morgan fingerprint density at radius 3 is 2.60 bits per heavy atom. The van der Waals surface area contributed by atoms with E-state index in [9.17, 15) is 15.0 Å². The minimum Gasteiger partial charge on any atom is -0.490 e. The minimum absolute atomic E-state index is 0.0496. The number of hydrogen-bond donors (Lipinski definition) is 3. The van der Waals surface area contributed by atoms with Crippen molar-refractivity contribution in [1.29, 1.82) is 0 Å². The predicted molar refractivity (Wildman–Crippen MR) is 119 cm³/mol. The number of aliphatic hydroxyl groups is 3. The third-order valence-electron chi connectivity index (χ3n) is 5.73. The quantitative estimate of drug-likeness (QED) is 0.529. The standard InChI is InChI=1S/C24H32O5S/c1-4-22-20-11-17(26)6-7-19(20)24(30-22)21(28)8-5-16-9-14(2)23(15(3)10-16)29-13-18(27)12-25/h9-10,17-18,25-27H,4-8,11-13H2,1-3H3/t17-,18?/m0/s1. The lowest BCUT2D eigenvalue weighted by molar-refractivity contribution is 0.0531. The van der Waals surface area contributed by atoms with Gasteiger partial charge in [-0.15, -0.1) is 11.3 Å². The van der Waals surface area contributed by atoms with Gasteiger partial charge in [0, 0.05) is 11.3 Å². The van der Waals surface area contributed by atoms with Crippen LogP contribution < -0.4 is 4.74 Å². The molecule has 5 nitrogen and oxygen atoms in total. The molecule has 0 spiro atoms. The molecule has 1 aliphatic rings. The van der Waals surface area contributed by atoms with E-state index in [1.165, 1.54) is 16.0 Å². The number of fused-ring (bicyclic) bond motifs is 1. The lowest BCUT2D eigenvalue weighted by atomic mass is 9.88. The zero-order chi connectivity index (χ0) is 21.8. The maximum Gasteiger partial charge on any atom is 0.173 e. The van der Waals surface area contributed by atoms with Gasteiger partial charge in [0.2, 0.25) is 0 Å². The summed E-state index contributed by atoms with van der Waals surface area (Å²) in [6.45, 7) is 5.73. The van der Waals surface area contributed by atoms with Gasteiger partial charge in [-0.25, -0.2) is 0 Å². The molecule has 1 unspecified atom stereocenters. The van der Waals surface area contributed by atoms with Gasteiger partial charge in [0.05, 0.1) is 17.6 Å². The lowest BCUT2D eigenvalue weighted by Crippen LogP contribution is -2.21. The van der Waals surface area contributed by atoms with Gasteiger partial charge < -0.3 is 20.1 Å². The minimum atomic E-state index is -0.896. The molecule has 2 aromatic rings. The van der Waals surface area contributed by atoms with Gasteiger partial charge in [-0.1, -0.05) is 19.1 Å². The number of hydrogen-bond acceptors (Lipinski definition) is 6. The van der Waals surface area contributed by atoms with E-state index in [2.05, 4.69) is 6.92 Å². The van der Waals surface area contributed by atoms with E-state index in [-0.39, 0.29) is 25.1 Å². The van der Waals surface area contributed by atoms with Crippen molar-refractivity contribution < 1.29 is 24.9 Å². The molecule has 0 saturated heterocycles. The van der Waals surface area contributed by atoms with Crippen molar-refractivity contribution in [2.75, 3.05) is 13.2 Å². The summed E-state index contributed by atoms with van der Waals surface area (Å²) in [7, 11) is 0. The summed E-state index contributed by atoms with van der Waals surface area (Å²) >= 11 is 1.62. The molecule has 0 bridgehead atoms. The number of thiophene rings is 1. The molecule has 6 heteroatoms. The van der Waals surface area contributed by atoms with Crippen LogP contribution >= 0.6 is 11.3 Å². The third-order valence-corrected chi connectivity index (χ3v) is 7.19. The maximum absolute atomic E-state index is 13.0. The van der Waals surface area contributed by atoms with Gasteiger partial charge in [-0.05, 0) is 73.8 Å². The smallest absolute Gasteiger partial charge is 0.173 e. The van der Waals surface area contributed by atoms with Gasteiger partial charge in [0.25, 0.3) is 0 Å². The highest BCUT2D eigenvalue weighted by molar-refractivity contribution is 7.14. The van der Waals surface area contributed by atoms with Crippen LogP contribution in [0.1, 0.15) is 62.1 Å². The molecule has 0 saturated carbocycles. The first-order valence-electron chi connectivity index (χ1n) is 10.7. The van der Waals surface area contributed by atoms with E-state index in [4.69, 9.17) is 9.84 Å². The molecule has 1 aromatic heterocycles. The molecule has 3 rings (SSSR count). The topological polar surface area (TPSA) is 87.0 Å². The Morgan fingerprint density at radius 1 is 1.27 bits per heavy atom. The second-order valence-corrected chi connectivity index (χ2v) is 9.30. The first-order chi connectivity index (χ1) is 14.3. The molecule has 1 aliphatic carbocycles. The van der Waals surface area contributed by atoms with Crippen molar-refractivity contribution in [3.05, 3.63) is 49.7 Å². The number of rotatable bonds is 9. The van der Waals surface area contributed by atoms with Gasteiger partial charge >= 0.3 is 0 Å². The van der Waals surface area contributed by atoms with E-state index in [1.807, 2.05) is 26.0 Å². The van der Waals surface area contributed by atoms with Crippen molar-refractivity contribution in [2.45, 2.75) is 71.5 Å². The zero-order valence-corrected chi connectivity index (χ0v) is 18.8. The molecular weight excluding hydrogens is 400 g/mol. The monoisotopic (exact) mass is 432 g/mol. The van der Waals surface area contributed by atoms with E-state index < -0.39 is 6.10 Å². The van der Waals surface area contributed by atoms with Crippen molar-refractivity contribution in [2.24, 2.45) is 0 Å². The Hall–Kier alpha value is -1.73. The fraction of sp³-hybridized carbons (Fsp3) is 0.542. The number of carbonyl (C=O) groups excluding carboxylic acids is 1. The average Bonchev–Trinajstić information content (AvgIpc) is 3.09. The number of carbonyl (C=O) groups is 1. The summed E-state index contributed by atoms with van der Waals surface area (Å²) in [6.07, 6.45) is 3.04. The van der Waals surface area contributed by atoms with Crippen LogP contribution in [0, 0.1) is 13.8 Å². The van der Waals surface area contributed by atoms with E-state index in [0.717, 1.165) is 46.6 Å². The number of Topliss-reactive ketones (excluding diaryl/α,β-unsaturated/α-hetero) is 1. The van der Waals surface area contributed by atoms with Crippen molar-refractivity contribution >= 4 is 17.1 Å². The Bertz CT molecular complexity index is 878. The van der Waals surface area contributed by atoms with Crippen molar-refractivity contribution in [1.82, 2.24) is 0 Å². The molecule has 0 radical (unpaired) electrons. The van der Waals surface area contributed by atoms with E-state index in [1.54, 1.807) is 11.3 Å². The number of ketones is 1. The zero-order valence-electron chi connectivity index (χ0n) is 18.0. The molecule has 2 atom stereocenters. The van der Waals surface area contributed by atoms with Crippen LogP contribution in [-0.2, 0) is 25.7 Å². The Kier molecular flexibility index (Phi) is 7.69. The second kappa shape index (κ2) is 10.1. The highest BCUT2D eigenvalue weighted by Crippen LogP contribution is 2.36. The molecule has 0 fully saturated rings. The van der Waals surface area contributed by atoms with Crippen LogP contribution in [0.25, 0.3) is 0 Å². The lowest BCUT2D eigenvalue weighted by Gasteiger charge is -2.19. The van der Waals surface area contributed by atoms with Gasteiger partial charge in [-0.3, -0.25) is 4.79 Å². The Morgan fingerprint density at radius 2 is 1.97 bits per heavy atom. The molecule has 0 amide bonds. The fourth-order valence-electron chi connectivity index (χ4n) is 4.23. The van der Waals surface area contributed by atoms with Crippen LogP contribution in [0.4, 0.5) is 0 Å². The first kappa shape index (κ1) is 22.9. The van der Waals surface area contributed by atoms with Gasteiger partial charge in [0.15, 0.2) is 5.78 Å². The molecule has 30 heavy (non-hydrogen) atoms. The summed E-state index contributed by atoms with van der Waals surface area (Å²) in [5.41, 5.74) is 5.38. The van der Waals surface area contributed by atoms with Crippen LogP contribution in [-0.4, -0.2) is 46.5 Å². The molecular formula is C24H32O5S. The highest BCUT2D eigenvalue weighted by Gasteiger charge is 2.27. The van der Waals surface area contributed by atoms with Crippen molar-refractivity contribution in [3.63, 3.8) is 0 Å². The molecule has 0 aliphatic heterocycles. The van der Waals surface area contributed by atoms with Gasteiger partial charge in [0.1, 0.15) is 18.5 Å². The van der Waals surface area contributed by atoms with Crippen LogP contribution in [0.3, 0.4) is 0 Å². The molecule has 3 N–H and O–H groups in total. The summed E-state index contributed by atoms with van der Waals surface area (Å²) < 4.78 is 5.66. The normalized spacial score (nSPS) is 16.9. The summed E-state index contributed by atoms with van der Waals surface area (Å²) in [5, 5.41) is 28.5. The van der Waals surface area contributed by atoms with Crippen LogP contribution in [0.5, 0.6) is 5.75 Å². The van der Waals surface area contributed by atoms with Gasteiger partial charge in [-0.2, -0.15) is 0 Å². The van der Waals surface area contributed by atoms with E-state index >= 15 is 0 Å².